The summed E-state index contributed by atoms with van der Waals surface area (Å²) in [6.45, 7) is 0.00760. The first kappa shape index (κ1) is 22.2. The summed E-state index contributed by atoms with van der Waals surface area (Å²) in [5.74, 6) is -2.00. The van der Waals surface area contributed by atoms with E-state index < -0.39 is 34.4 Å². The van der Waals surface area contributed by atoms with Gasteiger partial charge in [0.15, 0.2) is 0 Å². The second-order valence-electron chi connectivity index (χ2n) is 6.60. The number of hydrogen-bond donors (Lipinski definition) is 4. The molecule has 0 saturated heterocycles. The van der Waals surface area contributed by atoms with Gasteiger partial charge in [-0.15, -0.1) is 0 Å². The molecule has 32 heavy (non-hydrogen) atoms. The van der Waals surface area contributed by atoms with E-state index in [9.17, 15) is 24.6 Å². The van der Waals surface area contributed by atoms with Crippen molar-refractivity contribution in [3.8, 4) is 28.4 Å². The summed E-state index contributed by atoms with van der Waals surface area (Å²) in [4.78, 5) is 37.9. The summed E-state index contributed by atoms with van der Waals surface area (Å²) in [7, 11) is 2.97. The molecule has 10 nitrogen and oxygen atoms in total. The highest BCUT2D eigenvalue weighted by molar-refractivity contribution is 6.07. The van der Waals surface area contributed by atoms with E-state index in [1.54, 1.807) is 24.3 Å². The van der Waals surface area contributed by atoms with Gasteiger partial charge in [0.2, 0.25) is 0 Å². The summed E-state index contributed by atoms with van der Waals surface area (Å²) >= 11 is 0. The lowest BCUT2D eigenvalue weighted by Gasteiger charge is -2.15. The largest absolute Gasteiger partial charge is 0.497 e. The molecule has 0 bridgehead atoms. The maximum atomic E-state index is 12.3. The molecule has 0 aliphatic rings. The molecule has 5 N–H and O–H groups in total. The number of rotatable bonds is 8. The smallest absolute Gasteiger partial charge is 0.342 e. The molecule has 10 heteroatoms. The van der Waals surface area contributed by atoms with Crippen LogP contribution in [0.25, 0.3) is 11.1 Å². The molecule has 0 aliphatic carbocycles. The summed E-state index contributed by atoms with van der Waals surface area (Å²) in [6.07, 6.45) is 0. The van der Waals surface area contributed by atoms with E-state index in [2.05, 4.69) is 4.98 Å². The highest BCUT2D eigenvalue weighted by Crippen LogP contribution is 2.33. The number of nitrogens with one attached hydrogen (secondary N) is 1. The molecule has 0 fully saturated rings. The van der Waals surface area contributed by atoms with E-state index >= 15 is 0 Å². The Morgan fingerprint density at radius 1 is 0.969 bits per heavy atom. The first-order chi connectivity index (χ1) is 15.3. The van der Waals surface area contributed by atoms with Crippen molar-refractivity contribution in [1.29, 1.82) is 0 Å². The van der Waals surface area contributed by atoms with Gasteiger partial charge in [-0.3, -0.25) is 4.79 Å². The van der Waals surface area contributed by atoms with Gasteiger partial charge in [0.1, 0.15) is 40.8 Å². The van der Waals surface area contributed by atoms with E-state index in [4.69, 9.17) is 19.9 Å². The number of pyridine rings is 1. The third-order valence-electron chi connectivity index (χ3n) is 4.68. The molecule has 0 radical (unpaired) electrons. The van der Waals surface area contributed by atoms with E-state index in [1.165, 1.54) is 32.4 Å². The Hall–Kier alpha value is -4.47. The van der Waals surface area contributed by atoms with Crippen LogP contribution < -0.4 is 25.5 Å². The number of ether oxygens (including phenoxy) is 3. The number of carboxylic acid groups (broad SMARTS) is 2. The van der Waals surface area contributed by atoms with E-state index in [-0.39, 0.29) is 17.7 Å². The molecule has 0 aliphatic heterocycles. The van der Waals surface area contributed by atoms with Crippen molar-refractivity contribution in [2.75, 3.05) is 20.0 Å². The minimum Gasteiger partial charge on any atom is -0.497 e. The highest BCUT2D eigenvalue weighted by atomic mass is 16.5. The summed E-state index contributed by atoms with van der Waals surface area (Å²) in [5, 5.41) is 19.2. The van der Waals surface area contributed by atoms with Gasteiger partial charge in [-0.1, -0.05) is 12.1 Å². The minimum absolute atomic E-state index is 0.00760. The number of aromatic nitrogens is 1. The normalized spacial score (nSPS) is 10.4. The maximum Gasteiger partial charge on any atom is 0.342 e. The summed E-state index contributed by atoms with van der Waals surface area (Å²) in [6, 6.07) is 11.4. The van der Waals surface area contributed by atoms with Crippen molar-refractivity contribution in [3.05, 3.63) is 69.5 Å². The Labute approximate surface area is 181 Å². The van der Waals surface area contributed by atoms with Crippen molar-refractivity contribution in [2.45, 2.75) is 6.61 Å². The van der Waals surface area contributed by atoms with Crippen LogP contribution in [-0.4, -0.2) is 41.4 Å². The van der Waals surface area contributed by atoms with Gasteiger partial charge in [-0.25, -0.2) is 9.59 Å². The van der Waals surface area contributed by atoms with Crippen LogP contribution in [0, 0.1) is 0 Å². The van der Waals surface area contributed by atoms with Gasteiger partial charge in [-0.05, 0) is 29.8 Å². The number of carbonyl (C=O) groups is 2. The number of nitrogen functional groups attached to an aromatic ring is 1. The van der Waals surface area contributed by atoms with Crippen LogP contribution in [0.1, 0.15) is 26.3 Å². The standard InChI is InChI=1S/C22H20N2O8/c1-30-13-4-3-5-14(9-13)32-10-12-8-11(6-7-15(12)31-2)16-17(21(26)27)19(23)24-20(25)18(16)22(28)29/h3-9H,10H2,1-2H3,(H,26,27)(H,28,29)(H3,23,24,25). The lowest BCUT2D eigenvalue weighted by atomic mass is 9.94. The third-order valence-corrected chi connectivity index (χ3v) is 4.68. The SMILES string of the molecule is COc1cccc(OCc2cc(-c3c(C(=O)O)c(N)[nH]c(=O)c3C(=O)O)ccc2OC)c1. The fourth-order valence-corrected chi connectivity index (χ4v) is 3.23. The van der Waals surface area contributed by atoms with Crippen LogP contribution in [-0.2, 0) is 6.61 Å². The fraction of sp³-hybridized carbons (Fsp3) is 0.136. The molecule has 0 unspecified atom stereocenters. The molecule has 2 aromatic carbocycles. The lowest BCUT2D eigenvalue weighted by Crippen LogP contribution is -2.24. The lowest BCUT2D eigenvalue weighted by molar-refractivity contribution is 0.0695. The summed E-state index contributed by atoms with van der Waals surface area (Å²) in [5.41, 5.74) is 3.76. The minimum atomic E-state index is -1.59. The number of H-pyrrole nitrogens is 1. The molecular formula is C22H20N2O8. The van der Waals surface area contributed by atoms with E-state index in [0.29, 0.717) is 22.8 Å². The van der Waals surface area contributed by atoms with Gasteiger partial charge in [-0.2, -0.15) is 0 Å². The Balaban J connectivity index is 2.13. The van der Waals surface area contributed by atoms with Crippen molar-refractivity contribution in [2.24, 2.45) is 0 Å². The van der Waals surface area contributed by atoms with Crippen molar-refractivity contribution in [3.63, 3.8) is 0 Å². The van der Waals surface area contributed by atoms with Gasteiger partial charge in [0.25, 0.3) is 5.56 Å². The summed E-state index contributed by atoms with van der Waals surface area (Å²) < 4.78 is 16.3. The second-order valence-corrected chi connectivity index (χ2v) is 6.60. The molecule has 3 aromatic rings. The average Bonchev–Trinajstić information content (AvgIpc) is 2.76. The number of nitrogens with two attached hydrogens (primary N) is 1. The predicted molar refractivity (Wildman–Crippen MR) is 115 cm³/mol. The molecule has 0 spiro atoms. The van der Waals surface area contributed by atoms with Crippen LogP contribution in [0.15, 0.2) is 47.3 Å². The molecule has 0 atom stereocenters. The predicted octanol–water partition coefficient (Wildman–Crippen LogP) is 2.62. The fourth-order valence-electron chi connectivity index (χ4n) is 3.23. The third kappa shape index (κ3) is 4.33. The number of methoxy groups -OCH3 is 2. The highest BCUT2D eigenvalue weighted by Gasteiger charge is 2.27. The quantitative estimate of drug-likeness (QED) is 0.412. The van der Waals surface area contributed by atoms with Crippen LogP contribution in [0.3, 0.4) is 0 Å². The Morgan fingerprint density at radius 3 is 2.28 bits per heavy atom. The molecule has 1 heterocycles. The zero-order valence-corrected chi connectivity index (χ0v) is 17.2. The van der Waals surface area contributed by atoms with E-state index in [0.717, 1.165) is 0 Å². The molecule has 1 aromatic heterocycles. The van der Waals surface area contributed by atoms with Crippen molar-refractivity contribution >= 4 is 17.8 Å². The molecular weight excluding hydrogens is 420 g/mol. The monoisotopic (exact) mass is 440 g/mol. The molecule has 166 valence electrons. The van der Waals surface area contributed by atoms with Crippen molar-refractivity contribution in [1.82, 2.24) is 4.98 Å². The number of carboxylic acids is 2. The first-order valence-electron chi connectivity index (χ1n) is 9.23. The zero-order valence-electron chi connectivity index (χ0n) is 17.2. The van der Waals surface area contributed by atoms with Gasteiger partial charge in [0, 0.05) is 17.2 Å². The van der Waals surface area contributed by atoms with Gasteiger partial charge in [0.05, 0.1) is 14.2 Å². The topological polar surface area (TPSA) is 161 Å². The number of anilines is 1. The van der Waals surface area contributed by atoms with Crippen LogP contribution in [0.5, 0.6) is 17.2 Å². The van der Waals surface area contributed by atoms with Gasteiger partial charge < -0.3 is 35.1 Å². The van der Waals surface area contributed by atoms with Crippen molar-refractivity contribution < 1.29 is 34.0 Å². The number of hydrogen-bond acceptors (Lipinski definition) is 7. The molecule has 0 saturated carbocycles. The maximum absolute atomic E-state index is 12.3. The molecule has 3 rings (SSSR count). The van der Waals surface area contributed by atoms with Crippen LogP contribution >= 0.6 is 0 Å². The number of benzene rings is 2. The van der Waals surface area contributed by atoms with Gasteiger partial charge >= 0.3 is 11.9 Å². The zero-order chi connectivity index (χ0) is 23.4. The number of aromatic amines is 1. The van der Waals surface area contributed by atoms with Crippen LogP contribution in [0.2, 0.25) is 0 Å². The second kappa shape index (κ2) is 9.13. The Morgan fingerprint density at radius 2 is 1.66 bits per heavy atom. The first-order valence-corrected chi connectivity index (χ1v) is 9.23. The molecule has 0 amide bonds. The number of aromatic carboxylic acids is 2. The van der Waals surface area contributed by atoms with Crippen LogP contribution in [0.4, 0.5) is 5.82 Å². The van der Waals surface area contributed by atoms with E-state index in [1.807, 2.05) is 0 Å². The Kier molecular flexibility index (Phi) is 6.34. The Bertz CT molecular complexity index is 1250. The average molecular weight is 440 g/mol.